The third-order valence-electron chi connectivity index (χ3n) is 2.40. The van der Waals surface area contributed by atoms with Crippen LogP contribution >= 0.6 is 0 Å². The molecule has 1 unspecified atom stereocenters. The smallest absolute Gasteiger partial charge is 0.160 e. The molecular formula is C11H18N2O2. The van der Waals surface area contributed by atoms with Gasteiger partial charge < -0.3 is 9.47 Å². The van der Waals surface area contributed by atoms with Gasteiger partial charge in [-0.05, 0) is 23.6 Å². The van der Waals surface area contributed by atoms with Crippen molar-refractivity contribution < 1.29 is 9.47 Å². The highest BCUT2D eigenvalue weighted by Gasteiger charge is 2.09. The first-order chi connectivity index (χ1) is 7.22. The van der Waals surface area contributed by atoms with Crippen LogP contribution in [0.25, 0.3) is 0 Å². The summed E-state index contributed by atoms with van der Waals surface area (Å²) in [5.41, 5.74) is 3.83. The van der Waals surface area contributed by atoms with Crippen molar-refractivity contribution in [2.45, 2.75) is 12.8 Å². The van der Waals surface area contributed by atoms with E-state index < -0.39 is 0 Å². The van der Waals surface area contributed by atoms with Crippen LogP contribution in [0, 0.1) is 0 Å². The number of hydrazine groups is 1. The van der Waals surface area contributed by atoms with Crippen LogP contribution in [0.4, 0.5) is 0 Å². The fourth-order valence-corrected chi connectivity index (χ4v) is 1.45. The van der Waals surface area contributed by atoms with Gasteiger partial charge in [-0.2, -0.15) is 0 Å². The molecule has 0 radical (unpaired) electrons. The predicted octanol–water partition coefficient (Wildman–Crippen LogP) is 1.27. The van der Waals surface area contributed by atoms with Gasteiger partial charge in [0.1, 0.15) is 0 Å². The predicted molar refractivity (Wildman–Crippen MR) is 60.2 cm³/mol. The molecule has 0 fully saturated rings. The number of methoxy groups -OCH3 is 2. The average Bonchev–Trinajstić information content (AvgIpc) is 2.28. The van der Waals surface area contributed by atoms with Gasteiger partial charge in [0.05, 0.1) is 14.2 Å². The van der Waals surface area contributed by atoms with Crippen molar-refractivity contribution in [2.75, 3.05) is 20.8 Å². The normalized spacial score (nSPS) is 12.3. The van der Waals surface area contributed by atoms with Crippen molar-refractivity contribution in [3.63, 3.8) is 0 Å². The second-order valence-electron chi connectivity index (χ2n) is 3.42. The molecule has 4 nitrogen and oxygen atoms in total. The third-order valence-corrected chi connectivity index (χ3v) is 2.40. The van der Waals surface area contributed by atoms with E-state index in [0.29, 0.717) is 5.92 Å². The molecule has 0 saturated carbocycles. The molecule has 0 heterocycles. The molecule has 3 N–H and O–H groups in total. The lowest BCUT2D eigenvalue weighted by molar-refractivity contribution is 0.354. The van der Waals surface area contributed by atoms with E-state index in [4.69, 9.17) is 15.3 Å². The Morgan fingerprint density at radius 1 is 1.27 bits per heavy atom. The molecule has 1 aromatic carbocycles. The van der Waals surface area contributed by atoms with E-state index in [0.717, 1.165) is 18.0 Å². The van der Waals surface area contributed by atoms with E-state index in [1.54, 1.807) is 14.2 Å². The largest absolute Gasteiger partial charge is 0.493 e. The fourth-order valence-electron chi connectivity index (χ4n) is 1.45. The van der Waals surface area contributed by atoms with Crippen LogP contribution in [0.3, 0.4) is 0 Å². The quantitative estimate of drug-likeness (QED) is 0.567. The number of ether oxygens (including phenoxy) is 2. The number of nitrogens with two attached hydrogens (primary N) is 1. The number of nitrogens with one attached hydrogen (secondary N) is 1. The van der Waals surface area contributed by atoms with Crippen molar-refractivity contribution in [2.24, 2.45) is 5.84 Å². The van der Waals surface area contributed by atoms with Crippen LogP contribution in [0.5, 0.6) is 11.5 Å². The number of hydrogen-bond acceptors (Lipinski definition) is 4. The SMILES string of the molecule is COc1ccc(C(C)CNN)cc1OC. The topological polar surface area (TPSA) is 56.5 Å². The van der Waals surface area contributed by atoms with Crippen molar-refractivity contribution in [1.82, 2.24) is 5.43 Å². The summed E-state index contributed by atoms with van der Waals surface area (Å²) in [5, 5.41) is 0. The monoisotopic (exact) mass is 210 g/mol. The molecule has 84 valence electrons. The fraction of sp³-hybridized carbons (Fsp3) is 0.455. The molecule has 1 rings (SSSR count). The maximum absolute atomic E-state index is 5.29. The Kier molecular flexibility index (Phi) is 4.39. The Bertz CT molecular complexity index is 315. The number of hydrogen-bond donors (Lipinski definition) is 2. The van der Waals surface area contributed by atoms with Crippen LogP contribution in [-0.2, 0) is 0 Å². The van der Waals surface area contributed by atoms with E-state index in [1.807, 2.05) is 18.2 Å². The van der Waals surface area contributed by atoms with Crippen LogP contribution in [0.15, 0.2) is 18.2 Å². The molecule has 1 aromatic rings. The summed E-state index contributed by atoms with van der Waals surface area (Å²) in [5.74, 6) is 7.12. The maximum Gasteiger partial charge on any atom is 0.160 e. The molecule has 0 spiro atoms. The molecule has 0 amide bonds. The van der Waals surface area contributed by atoms with Crippen molar-refractivity contribution in [1.29, 1.82) is 0 Å². The highest BCUT2D eigenvalue weighted by molar-refractivity contribution is 5.43. The van der Waals surface area contributed by atoms with E-state index in [1.165, 1.54) is 5.56 Å². The Morgan fingerprint density at radius 3 is 2.47 bits per heavy atom. The lowest BCUT2D eigenvalue weighted by Crippen LogP contribution is -2.26. The summed E-state index contributed by atoms with van der Waals surface area (Å²) in [6.45, 7) is 2.83. The van der Waals surface area contributed by atoms with Crippen molar-refractivity contribution in [3.8, 4) is 11.5 Å². The molecule has 1 atom stereocenters. The van der Waals surface area contributed by atoms with Crippen molar-refractivity contribution in [3.05, 3.63) is 23.8 Å². The summed E-state index contributed by atoms with van der Waals surface area (Å²) in [4.78, 5) is 0. The molecule has 0 aliphatic heterocycles. The Hall–Kier alpha value is -1.26. The van der Waals surface area contributed by atoms with Gasteiger partial charge in [-0.1, -0.05) is 13.0 Å². The first-order valence-electron chi connectivity index (χ1n) is 4.88. The Morgan fingerprint density at radius 2 is 1.93 bits per heavy atom. The van der Waals surface area contributed by atoms with Gasteiger partial charge in [-0.3, -0.25) is 11.3 Å². The van der Waals surface area contributed by atoms with Crippen LogP contribution in [-0.4, -0.2) is 20.8 Å². The second kappa shape index (κ2) is 5.58. The zero-order chi connectivity index (χ0) is 11.3. The molecule has 0 saturated heterocycles. The second-order valence-corrected chi connectivity index (χ2v) is 3.42. The van der Waals surface area contributed by atoms with Gasteiger partial charge >= 0.3 is 0 Å². The minimum absolute atomic E-state index is 0.342. The van der Waals surface area contributed by atoms with Gasteiger partial charge in [0.2, 0.25) is 0 Å². The van der Waals surface area contributed by atoms with Gasteiger partial charge in [0, 0.05) is 6.54 Å². The lowest BCUT2D eigenvalue weighted by atomic mass is 10.0. The standard InChI is InChI=1S/C11H18N2O2/c1-8(7-13-12)9-4-5-10(14-2)11(6-9)15-3/h4-6,8,13H,7,12H2,1-3H3. The van der Waals surface area contributed by atoms with Gasteiger partial charge in [-0.25, -0.2) is 0 Å². The minimum Gasteiger partial charge on any atom is -0.493 e. The molecule has 0 aromatic heterocycles. The van der Waals surface area contributed by atoms with Crippen LogP contribution < -0.4 is 20.7 Å². The van der Waals surface area contributed by atoms with Crippen molar-refractivity contribution >= 4 is 0 Å². The molecule has 15 heavy (non-hydrogen) atoms. The minimum atomic E-state index is 0.342. The van der Waals surface area contributed by atoms with E-state index in [9.17, 15) is 0 Å². The van der Waals surface area contributed by atoms with E-state index >= 15 is 0 Å². The zero-order valence-electron chi connectivity index (χ0n) is 9.41. The summed E-state index contributed by atoms with van der Waals surface area (Å²) in [6.07, 6.45) is 0. The van der Waals surface area contributed by atoms with Crippen LogP contribution in [0.2, 0.25) is 0 Å². The molecule has 0 aliphatic rings. The summed E-state index contributed by atoms with van der Waals surface area (Å²) < 4.78 is 10.4. The Labute approximate surface area is 90.3 Å². The third kappa shape index (κ3) is 2.84. The summed E-state index contributed by atoms with van der Waals surface area (Å²) >= 11 is 0. The molecular weight excluding hydrogens is 192 g/mol. The lowest BCUT2D eigenvalue weighted by Gasteiger charge is -2.14. The first-order valence-corrected chi connectivity index (χ1v) is 4.88. The molecule has 0 aliphatic carbocycles. The zero-order valence-corrected chi connectivity index (χ0v) is 9.41. The van der Waals surface area contributed by atoms with Gasteiger partial charge in [0.15, 0.2) is 11.5 Å². The van der Waals surface area contributed by atoms with E-state index in [-0.39, 0.29) is 0 Å². The average molecular weight is 210 g/mol. The highest BCUT2D eigenvalue weighted by atomic mass is 16.5. The number of rotatable bonds is 5. The van der Waals surface area contributed by atoms with E-state index in [2.05, 4.69) is 12.3 Å². The highest BCUT2D eigenvalue weighted by Crippen LogP contribution is 2.30. The first kappa shape index (κ1) is 11.8. The van der Waals surface area contributed by atoms with Crippen LogP contribution in [0.1, 0.15) is 18.4 Å². The summed E-state index contributed by atoms with van der Waals surface area (Å²) in [7, 11) is 3.26. The summed E-state index contributed by atoms with van der Waals surface area (Å²) in [6, 6.07) is 5.89. The number of benzene rings is 1. The Balaban J connectivity index is 2.92. The van der Waals surface area contributed by atoms with Gasteiger partial charge in [-0.15, -0.1) is 0 Å². The molecule has 0 bridgehead atoms. The molecule has 4 heteroatoms. The van der Waals surface area contributed by atoms with Gasteiger partial charge in [0.25, 0.3) is 0 Å². The maximum atomic E-state index is 5.29.